The lowest BCUT2D eigenvalue weighted by atomic mass is 9.94. The van der Waals surface area contributed by atoms with Crippen molar-refractivity contribution >= 4 is 0 Å². The number of rotatable bonds is 7. The summed E-state index contributed by atoms with van der Waals surface area (Å²) in [6.45, 7) is 13.2. The van der Waals surface area contributed by atoms with Crippen LogP contribution >= 0.6 is 0 Å². The molecule has 0 spiro atoms. The summed E-state index contributed by atoms with van der Waals surface area (Å²) < 4.78 is 5.80. The minimum atomic E-state index is 0.366. The zero-order chi connectivity index (χ0) is 13.5. The smallest absolute Gasteiger partial charge is 0.0826 e. The number of ether oxygens (including phenoxy) is 1. The lowest BCUT2D eigenvalue weighted by Gasteiger charge is -2.34. The van der Waals surface area contributed by atoms with E-state index in [-0.39, 0.29) is 0 Å². The lowest BCUT2D eigenvalue weighted by Crippen LogP contribution is -2.47. The molecule has 0 radical (unpaired) electrons. The molecule has 1 N–H and O–H groups in total. The number of hydrogen-bond donors (Lipinski definition) is 1. The number of nitrogens with zero attached hydrogens (tertiary/aromatic N) is 1. The van der Waals surface area contributed by atoms with E-state index < -0.39 is 0 Å². The normalized spacial score (nSPS) is 21.5. The van der Waals surface area contributed by atoms with Gasteiger partial charge in [-0.05, 0) is 31.7 Å². The maximum absolute atomic E-state index is 5.80. The van der Waals surface area contributed by atoms with Gasteiger partial charge in [-0.2, -0.15) is 0 Å². The first-order valence-corrected chi connectivity index (χ1v) is 7.51. The highest BCUT2D eigenvalue weighted by atomic mass is 16.5. The van der Waals surface area contributed by atoms with Crippen LogP contribution in [0.25, 0.3) is 0 Å². The Labute approximate surface area is 113 Å². The molecule has 3 nitrogen and oxygen atoms in total. The minimum Gasteiger partial charge on any atom is -0.374 e. The van der Waals surface area contributed by atoms with E-state index in [0.29, 0.717) is 12.1 Å². The fourth-order valence-corrected chi connectivity index (χ4v) is 2.75. The molecule has 0 aromatic heterocycles. The van der Waals surface area contributed by atoms with Gasteiger partial charge in [0.05, 0.1) is 12.7 Å². The predicted molar refractivity (Wildman–Crippen MR) is 77.9 cm³/mol. The summed E-state index contributed by atoms with van der Waals surface area (Å²) in [5, 5.41) is 3.41. The minimum absolute atomic E-state index is 0.366. The van der Waals surface area contributed by atoms with Gasteiger partial charge < -0.3 is 15.0 Å². The molecule has 1 aliphatic rings. The second-order valence-electron chi connectivity index (χ2n) is 6.55. The lowest BCUT2D eigenvalue weighted by molar-refractivity contribution is -0.000621. The van der Waals surface area contributed by atoms with Crippen LogP contribution in [-0.4, -0.2) is 50.3 Å². The summed E-state index contributed by atoms with van der Waals surface area (Å²) >= 11 is 0. The highest BCUT2D eigenvalue weighted by Gasteiger charge is 2.22. The molecule has 3 heteroatoms. The van der Waals surface area contributed by atoms with E-state index in [4.69, 9.17) is 4.74 Å². The molecular formula is C15H32N2O. The van der Waals surface area contributed by atoms with Gasteiger partial charge in [-0.25, -0.2) is 0 Å². The van der Waals surface area contributed by atoms with Crippen LogP contribution in [0.4, 0.5) is 0 Å². The van der Waals surface area contributed by atoms with Crippen LogP contribution in [0.1, 0.15) is 40.5 Å². The molecule has 0 saturated carbocycles. The van der Waals surface area contributed by atoms with Gasteiger partial charge in [0.25, 0.3) is 0 Å². The van der Waals surface area contributed by atoms with Gasteiger partial charge in [0.1, 0.15) is 0 Å². The van der Waals surface area contributed by atoms with Crippen molar-refractivity contribution in [2.75, 3.05) is 33.3 Å². The molecule has 108 valence electrons. The van der Waals surface area contributed by atoms with Crippen LogP contribution in [0, 0.1) is 11.8 Å². The van der Waals surface area contributed by atoms with E-state index in [0.717, 1.165) is 38.1 Å². The zero-order valence-corrected chi connectivity index (χ0v) is 12.9. The Bertz CT molecular complexity index is 203. The molecule has 0 aliphatic carbocycles. The molecule has 0 aromatic carbocycles. The average Bonchev–Trinajstić information content (AvgIpc) is 2.28. The Morgan fingerprint density at radius 1 is 1.17 bits per heavy atom. The maximum Gasteiger partial charge on any atom is 0.0826 e. The first-order chi connectivity index (χ1) is 8.49. The Hall–Kier alpha value is -0.120. The third-order valence-corrected chi connectivity index (χ3v) is 3.61. The van der Waals surface area contributed by atoms with Crippen LogP contribution in [0.15, 0.2) is 0 Å². The summed E-state index contributed by atoms with van der Waals surface area (Å²) in [6, 6.07) is 0.690. The SMILES string of the molecule is CC(C)CC(CC(C)C)N(C)CC1CNCCO1. The van der Waals surface area contributed by atoms with Crippen molar-refractivity contribution in [1.82, 2.24) is 10.2 Å². The summed E-state index contributed by atoms with van der Waals surface area (Å²) in [6.07, 6.45) is 2.94. The summed E-state index contributed by atoms with van der Waals surface area (Å²) in [5.41, 5.74) is 0. The Kier molecular flexibility index (Phi) is 7.20. The Balaban J connectivity index is 2.43. The van der Waals surface area contributed by atoms with Crippen LogP contribution in [0.2, 0.25) is 0 Å². The average molecular weight is 256 g/mol. The quantitative estimate of drug-likeness (QED) is 0.757. The van der Waals surface area contributed by atoms with Crippen molar-refractivity contribution in [3.8, 4) is 0 Å². The highest BCUT2D eigenvalue weighted by molar-refractivity contribution is 4.77. The topological polar surface area (TPSA) is 24.5 Å². The molecule has 1 heterocycles. The molecule has 18 heavy (non-hydrogen) atoms. The Morgan fingerprint density at radius 2 is 1.78 bits per heavy atom. The number of morpholine rings is 1. The molecule has 0 amide bonds. The van der Waals surface area contributed by atoms with Gasteiger partial charge >= 0.3 is 0 Å². The van der Waals surface area contributed by atoms with Crippen LogP contribution < -0.4 is 5.32 Å². The van der Waals surface area contributed by atoms with Crippen molar-refractivity contribution in [3.63, 3.8) is 0 Å². The van der Waals surface area contributed by atoms with Gasteiger partial charge in [-0.15, -0.1) is 0 Å². The van der Waals surface area contributed by atoms with Gasteiger partial charge in [-0.1, -0.05) is 27.7 Å². The third-order valence-electron chi connectivity index (χ3n) is 3.61. The molecule has 1 saturated heterocycles. The molecular weight excluding hydrogens is 224 g/mol. The van der Waals surface area contributed by atoms with Gasteiger partial charge in [0.15, 0.2) is 0 Å². The molecule has 0 bridgehead atoms. The van der Waals surface area contributed by atoms with Gasteiger partial charge in [0.2, 0.25) is 0 Å². The first-order valence-electron chi connectivity index (χ1n) is 7.51. The molecule has 1 aliphatic heterocycles. The number of nitrogens with one attached hydrogen (secondary N) is 1. The fourth-order valence-electron chi connectivity index (χ4n) is 2.75. The monoisotopic (exact) mass is 256 g/mol. The first kappa shape index (κ1) is 15.9. The summed E-state index contributed by atoms with van der Waals surface area (Å²) in [4.78, 5) is 2.51. The van der Waals surface area contributed by atoms with E-state index in [2.05, 4.69) is 45.0 Å². The van der Waals surface area contributed by atoms with Gasteiger partial charge in [0, 0.05) is 25.7 Å². The van der Waals surface area contributed by atoms with Crippen LogP contribution in [0.3, 0.4) is 0 Å². The largest absolute Gasteiger partial charge is 0.374 e. The van der Waals surface area contributed by atoms with Crippen LogP contribution in [-0.2, 0) is 4.74 Å². The van der Waals surface area contributed by atoms with Crippen molar-refractivity contribution in [3.05, 3.63) is 0 Å². The van der Waals surface area contributed by atoms with Crippen molar-refractivity contribution in [1.29, 1.82) is 0 Å². The van der Waals surface area contributed by atoms with E-state index in [1.807, 2.05) is 0 Å². The standard InChI is InChI=1S/C15H32N2O/c1-12(2)8-14(9-13(3)4)17(5)11-15-10-16-6-7-18-15/h12-16H,6-11H2,1-5H3. The molecule has 1 unspecified atom stereocenters. The third kappa shape index (κ3) is 6.17. The highest BCUT2D eigenvalue weighted by Crippen LogP contribution is 2.18. The summed E-state index contributed by atoms with van der Waals surface area (Å²) in [5.74, 6) is 1.53. The van der Waals surface area contributed by atoms with E-state index in [9.17, 15) is 0 Å². The fraction of sp³-hybridized carbons (Fsp3) is 1.00. The van der Waals surface area contributed by atoms with E-state index in [1.54, 1.807) is 0 Å². The molecule has 1 rings (SSSR count). The Morgan fingerprint density at radius 3 is 2.22 bits per heavy atom. The number of likely N-dealkylation sites (N-methyl/N-ethyl adjacent to an activating group) is 1. The number of hydrogen-bond acceptors (Lipinski definition) is 3. The van der Waals surface area contributed by atoms with Crippen molar-refractivity contribution in [2.24, 2.45) is 11.8 Å². The predicted octanol–water partition coefficient (Wildman–Crippen LogP) is 2.37. The second kappa shape index (κ2) is 8.13. The second-order valence-corrected chi connectivity index (χ2v) is 6.55. The van der Waals surface area contributed by atoms with Crippen molar-refractivity contribution < 1.29 is 4.74 Å². The molecule has 0 aromatic rings. The van der Waals surface area contributed by atoms with Crippen molar-refractivity contribution in [2.45, 2.75) is 52.7 Å². The zero-order valence-electron chi connectivity index (χ0n) is 12.9. The molecule has 1 atom stereocenters. The van der Waals surface area contributed by atoms with Crippen LogP contribution in [0.5, 0.6) is 0 Å². The van der Waals surface area contributed by atoms with E-state index >= 15 is 0 Å². The van der Waals surface area contributed by atoms with Gasteiger partial charge in [-0.3, -0.25) is 0 Å². The summed E-state index contributed by atoms with van der Waals surface area (Å²) in [7, 11) is 2.26. The van der Waals surface area contributed by atoms with E-state index in [1.165, 1.54) is 12.8 Å². The molecule has 1 fully saturated rings. The maximum atomic E-state index is 5.80.